The summed E-state index contributed by atoms with van der Waals surface area (Å²) < 4.78 is 5.82. The largest absolute Gasteiger partial charge is 0.380 e. The zero-order valence-corrected chi connectivity index (χ0v) is 16.8. The highest BCUT2D eigenvalue weighted by molar-refractivity contribution is 5.30. The van der Waals surface area contributed by atoms with Crippen molar-refractivity contribution in [2.75, 3.05) is 39.9 Å². The van der Waals surface area contributed by atoms with Crippen molar-refractivity contribution in [2.45, 2.75) is 38.8 Å². The molecule has 0 amide bonds. The number of hydrogen-bond donors (Lipinski definition) is 0. The second-order valence-corrected chi connectivity index (χ2v) is 7.69. The molecule has 2 aromatic carbocycles. The molecule has 0 saturated heterocycles. The summed E-state index contributed by atoms with van der Waals surface area (Å²) in [6.07, 6.45) is 4.82. The average Bonchev–Trinajstić information content (AvgIpc) is 3.12. The SMILES string of the molecule is CN(CCOCCCCCN1Cc2ccccc2C1)CCc1ccccc1. The number of nitrogens with zero attached hydrogens (tertiary/aromatic N) is 2. The van der Waals surface area contributed by atoms with Gasteiger partial charge in [0.05, 0.1) is 6.61 Å². The van der Waals surface area contributed by atoms with Gasteiger partial charge in [0, 0.05) is 32.8 Å². The molecule has 0 unspecified atom stereocenters. The van der Waals surface area contributed by atoms with E-state index >= 15 is 0 Å². The smallest absolute Gasteiger partial charge is 0.0593 e. The van der Waals surface area contributed by atoms with Gasteiger partial charge in [-0.2, -0.15) is 0 Å². The van der Waals surface area contributed by atoms with Gasteiger partial charge in [0.1, 0.15) is 0 Å². The van der Waals surface area contributed by atoms with Crippen LogP contribution in [0, 0.1) is 0 Å². The van der Waals surface area contributed by atoms with E-state index in [0.29, 0.717) is 0 Å². The molecule has 27 heavy (non-hydrogen) atoms. The van der Waals surface area contributed by atoms with E-state index in [9.17, 15) is 0 Å². The lowest BCUT2D eigenvalue weighted by atomic mass is 10.1. The third kappa shape index (κ3) is 7.10. The van der Waals surface area contributed by atoms with E-state index in [0.717, 1.165) is 45.8 Å². The average molecular weight is 367 g/mol. The first-order valence-electron chi connectivity index (χ1n) is 10.4. The van der Waals surface area contributed by atoms with Crippen LogP contribution in [0.3, 0.4) is 0 Å². The zero-order chi connectivity index (χ0) is 18.7. The first-order valence-corrected chi connectivity index (χ1v) is 10.4. The molecule has 0 atom stereocenters. The van der Waals surface area contributed by atoms with Crippen LogP contribution >= 0.6 is 0 Å². The Labute approximate surface area is 164 Å². The summed E-state index contributed by atoms with van der Waals surface area (Å²) in [7, 11) is 2.18. The van der Waals surface area contributed by atoms with Crippen LogP contribution in [0.1, 0.15) is 36.0 Å². The fourth-order valence-corrected chi connectivity index (χ4v) is 3.68. The van der Waals surface area contributed by atoms with Crippen LogP contribution in [0.4, 0.5) is 0 Å². The number of benzene rings is 2. The molecule has 0 bridgehead atoms. The molecule has 0 N–H and O–H groups in total. The van der Waals surface area contributed by atoms with Gasteiger partial charge in [-0.3, -0.25) is 4.90 Å². The fraction of sp³-hybridized carbons (Fsp3) is 0.500. The van der Waals surface area contributed by atoms with Crippen LogP contribution in [0.2, 0.25) is 0 Å². The highest BCUT2D eigenvalue weighted by Gasteiger charge is 2.16. The zero-order valence-electron chi connectivity index (χ0n) is 16.8. The van der Waals surface area contributed by atoms with Crippen molar-refractivity contribution >= 4 is 0 Å². The lowest BCUT2D eigenvalue weighted by molar-refractivity contribution is 0.108. The molecule has 146 valence electrons. The van der Waals surface area contributed by atoms with E-state index in [4.69, 9.17) is 4.74 Å². The summed E-state index contributed by atoms with van der Waals surface area (Å²) in [6, 6.07) is 19.5. The first-order chi connectivity index (χ1) is 13.3. The molecule has 3 nitrogen and oxygen atoms in total. The third-order valence-electron chi connectivity index (χ3n) is 5.41. The van der Waals surface area contributed by atoms with Gasteiger partial charge in [0.2, 0.25) is 0 Å². The molecule has 0 fully saturated rings. The van der Waals surface area contributed by atoms with Gasteiger partial charge in [0.25, 0.3) is 0 Å². The summed E-state index contributed by atoms with van der Waals surface area (Å²) in [5, 5.41) is 0. The summed E-state index contributed by atoms with van der Waals surface area (Å²) in [6.45, 7) is 7.30. The number of fused-ring (bicyclic) bond motifs is 1. The summed E-state index contributed by atoms with van der Waals surface area (Å²) in [4.78, 5) is 4.92. The molecule has 0 aromatic heterocycles. The molecule has 3 heteroatoms. The molecular formula is C24H34N2O. The summed E-state index contributed by atoms with van der Waals surface area (Å²) in [5.41, 5.74) is 4.43. The third-order valence-corrected chi connectivity index (χ3v) is 5.41. The highest BCUT2D eigenvalue weighted by atomic mass is 16.5. The van der Waals surface area contributed by atoms with Gasteiger partial charge in [-0.1, -0.05) is 54.6 Å². The molecule has 0 spiro atoms. The minimum absolute atomic E-state index is 0.840. The molecule has 2 aromatic rings. The molecule has 1 aliphatic heterocycles. The van der Waals surface area contributed by atoms with Gasteiger partial charge in [0.15, 0.2) is 0 Å². The van der Waals surface area contributed by atoms with Gasteiger partial charge in [-0.05, 0) is 56.0 Å². The predicted octanol–water partition coefficient (Wildman–Crippen LogP) is 4.36. The van der Waals surface area contributed by atoms with Gasteiger partial charge in [-0.25, -0.2) is 0 Å². The predicted molar refractivity (Wildman–Crippen MR) is 113 cm³/mol. The number of hydrogen-bond acceptors (Lipinski definition) is 3. The number of rotatable bonds is 12. The topological polar surface area (TPSA) is 15.7 Å². The first kappa shape index (κ1) is 20.1. The van der Waals surface area contributed by atoms with Gasteiger partial charge < -0.3 is 9.64 Å². The highest BCUT2D eigenvalue weighted by Crippen LogP contribution is 2.22. The van der Waals surface area contributed by atoms with Crippen LogP contribution in [0.15, 0.2) is 54.6 Å². The Hall–Kier alpha value is -1.68. The van der Waals surface area contributed by atoms with Crippen LogP contribution in [-0.4, -0.2) is 49.7 Å². The fourth-order valence-electron chi connectivity index (χ4n) is 3.68. The molecule has 0 aliphatic carbocycles. The monoisotopic (exact) mass is 366 g/mol. The normalized spacial score (nSPS) is 14.0. The second kappa shape index (κ2) is 11.2. The van der Waals surface area contributed by atoms with E-state index < -0.39 is 0 Å². The maximum atomic E-state index is 5.82. The maximum Gasteiger partial charge on any atom is 0.0593 e. The summed E-state index contributed by atoms with van der Waals surface area (Å²) in [5.74, 6) is 0. The van der Waals surface area contributed by atoms with Crippen molar-refractivity contribution in [3.63, 3.8) is 0 Å². The van der Waals surface area contributed by atoms with Crippen LogP contribution in [0.25, 0.3) is 0 Å². The van der Waals surface area contributed by atoms with E-state index in [1.807, 2.05) is 0 Å². The quantitative estimate of drug-likeness (QED) is 0.519. The van der Waals surface area contributed by atoms with Crippen LogP contribution in [-0.2, 0) is 24.2 Å². The number of ether oxygens (including phenoxy) is 1. The standard InChI is InChI=1S/C24H34N2O/c1-25(16-14-22-10-4-2-5-11-22)17-19-27-18-9-3-8-15-26-20-23-12-6-7-13-24(23)21-26/h2,4-7,10-13H,3,8-9,14-21H2,1H3. The Bertz CT molecular complexity index is 633. The van der Waals surface area contributed by atoms with Crippen molar-refractivity contribution in [3.05, 3.63) is 71.3 Å². The summed E-state index contributed by atoms with van der Waals surface area (Å²) >= 11 is 0. The van der Waals surface area contributed by atoms with Crippen molar-refractivity contribution in [3.8, 4) is 0 Å². The molecule has 3 rings (SSSR count). The van der Waals surface area contributed by atoms with E-state index in [2.05, 4.69) is 71.4 Å². The Balaban J connectivity index is 1.14. The number of unbranched alkanes of at least 4 members (excludes halogenated alkanes) is 2. The Morgan fingerprint density at radius 1 is 0.815 bits per heavy atom. The van der Waals surface area contributed by atoms with Crippen LogP contribution < -0.4 is 0 Å². The Kier molecular flexibility index (Phi) is 8.34. The van der Waals surface area contributed by atoms with E-state index in [1.54, 1.807) is 0 Å². The van der Waals surface area contributed by atoms with Gasteiger partial charge in [-0.15, -0.1) is 0 Å². The van der Waals surface area contributed by atoms with E-state index in [1.165, 1.54) is 42.5 Å². The van der Waals surface area contributed by atoms with Crippen molar-refractivity contribution in [1.82, 2.24) is 9.80 Å². The Morgan fingerprint density at radius 2 is 1.52 bits per heavy atom. The molecule has 1 aliphatic rings. The van der Waals surface area contributed by atoms with Crippen molar-refractivity contribution < 1.29 is 4.74 Å². The lowest BCUT2D eigenvalue weighted by Crippen LogP contribution is -2.25. The number of likely N-dealkylation sites (N-methyl/N-ethyl adjacent to an activating group) is 1. The van der Waals surface area contributed by atoms with Crippen LogP contribution in [0.5, 0.6) is 0 Å². The van der Waals surface area contributed by atoms with Gasteiger partial charge >= 0.3 is 0 Å². The van der Waals surface area contributed by atoms with Crippen molar-refractivity contribution in [1.29, 1.82) is 0 Å². The molecule has 0 saturated carbocycles. The molecule has 0 radical (unpaired) electrons. The molecule has 1 heterocycles. The van der Waals surface area contributed by atoms with E-state index in [-0.39, 0.29) is 0 Å². The minimum atomic E-state index is 0.840. The van der Waals surface area contributed by atoms with Crippen molar-refractivity contribution in [2.24, 2.45) is 0 Å². The molecular weight excluding hydrogens is 332 g/mol. The lowest BCUT2D eigenvalue weighted by Gasteiger charge is -2.17. The Morgan fingerprint density at radius 3 is 2.26 bits per heavy atom. The second-order valence-electron chi connectivity index (χ2n) is 7.69. The maximum absolute atomic E-state index is 5.82. The minimum Gasteiger partial charge on any atom is -0.380 e.